The second-order valence-electron chi connectivity index (χ2n) is 4.95. The van der Waals surface area contributed by atoms with Crippen molar-refractivity contribution in [2.75, 3.05) is 65.3 Å². The summed E-state index contributed by atoms with van der Waals surface area (Å²) in [6.45, 7) is 2.02. The fourth-order valence-electron chi connectivity index (χ4n) is 2.00. The molecule has 21 heavy (non-hydrogen) atoms. The molecule has 2 N–H and O–H groups in total. The highest BCUT2D eigenvalue weighted by molar-refractivity contribution is 5.96. The van der Waals surface area contributed by atoms with Gasteiger partial charge < -0.3 is 25.0 Å². The van der Waals surface area contributed by atoms with E-state index in [9.17, 15) is 4.79 Å². The number of benzene rings is 1. The van der Waals surface area contributed by atoms with Crippen LogP contribution in [0.25, 0.3) is 0 Å². The van der Waals surface area contributed by atoms with Crippen molar-refractivity contribution in [2.45, 2.75) is 0 Å². The van der Waals surface area contributed by atoms with Crippen molar-refractivity contribution >= 4 is 17.3 Å². The molecule has 1 rings (SSSR count). The first-order valence-electron chi connectivity index (χ1n) is 6.85. The second-order valence-corrected chi connectivity index (χ2v) is 4.95. The van der Waals surface area contributed by atoms with E-state index >= 15 is 0 Å². The molecule has 0 saturated carbocycles. The molecular formula is C15H25N3O3. The number of rotatable bonds is 8. The molecule has 0 heterocycles. The second kappa shape index (κ2) is 8.49. The lowest BCUT2D eigenvalue weighted by atomic mass is 10.1. The number of nitrogens with two attached hydrogens (primary N) is 1. The highest BCUT2D eigenvalue weighted by Gasteiger charge is 2.16. The number of hydrogen-bond donors (Lipinski definition) is 1. The van der Waals surface area contributed by atoms with Crippen molar-refractivity contribution in [3.05, 3.63) is 23.8 Å². The van der Waals surface area contributed by atoms with E-state index < -0.39 is 0 Å². The van der Waals surface area contributed by atoms with Gasteiger partial charge in [-0.3, -0.25) is 4.79 Å². The van der Waals surface area contributed by atoms with Gasteiger partial charge in [0.15, 0.2) is 0 Å². The summed E-state index contributed by atoms with van der Waals surface area (Å²) in [5.74, 6) is -0.0684. The molecule has 1 amide bonds. The summed E-state index contributed by atoms with van der Waals surface area (Å²) in [6.07, 6.45) is 0. The zero-order chi connectivity index (χ0) is 15.8. The standard InChI is InChI=1S/C15H25N3O3/c1-17(2)14-6-5-12(11-13(14)16)15(19)18(7-9-20-3)8-10-21-4/h5-6,11H,7-10,16H2,1-4H3. The van der Waals surface area contributed by atoms with Crippen LogP contribution in [-0.4, -0.2) is 65.4 Å². The van der Waals surface area contributed by atoms with E-state index in [-0.39, 0.29) is 5.91 Å². The zero-order valence-corrected chi connectivity index (χ0v) is 13.3. The van der Waals surface area contributed by atoms with E-state index in [4.69, 9.17) is 15.2 Å². The summed E-state index contributed by atoms with van der Waals surface area (Å²) in [4.78, 5) is 16.2. The van der Waals surface area contributed by atoms with Gasteiger partial charge in [0.25, 0.3) is 5.91 Å². The fraction of sp³-hybridized carbons (Fsp3) is 0.533. The summed E-state index contributed by atoms with van der Waals surface area (Å²) in [7, 11) is 7.05. The fourth-order valence-corrected chi connectivity index (χ4v) is 2.00. The van der Waals surface area contributed by atoms with Crippen LogP contribution in [0.3, 0.4) is 0 Å². The SMILES string of the molecule is COCCN(CCOC)C(=O)c1ccc(N(C)C)c(N)c1. The largest absolute Gasteiger partial charge is 0.397 e. The average molecular weight is 295 g/mol. The lowest BCUT2D eigenvalue weighted by Gasteiger charge is -2.23. The summed E-state index contributed by atoms with van der Waals surface area (Å²) < 4.78 is 10.1. The number of nitrogens with zero attached hydrogens (tertiary/aromatic N) is 2. The molecule has 0 atom stereocenters. The Morgan fingerprint density at radius 1 is 1.14 bits per heavy atom. The Balaban J connectivity index is 2.89. The van der Waals surface area contributed by atoms with E-state index in [1.165, 1.54) is 0 Å². The number of hydrogen-bond acceptors (Lipinski definition) is 5. The highest BCUT2D eigenvalue weighted by Crippen LogP contribution is 2.23. The minimum Gasteiger partial charge on any atom is -0.397 e. The molecule has 0 saturated heterocycles. The number of carbonyl (C=O) groups excluding carboxylic acids is 1. The van der Waals surface area contributed by atoms with Crippen LogP contribution in [0.15, 0.2) is 18.2 Å². The van der Waals surface area contributed by atoms with Crippen LogP contribution in [0.2, 0.25) is 0 Å². The van der Waals surface area contributed by atoms with Crippen LogP contribution < -0.4 is 10.6 Å². The maximum atomic E-state index is 12.5. The van der Waals surface area contributed by atoms with E-state index in [0.29, 0.717) is 37.6 Å². The van der Waals surface area contributed by atoms with Crippen molar-refractivity contribution in [1.29, 1.82) is 0 Å². The molecule has 0 unspecified atom stereocenters. The predicted molar refractivity (Wildman–Crippen MR) is 84.8 cm³/mol. The van der Waals surface area contributed by atoms with Crippen LogP contribution in [0.4, 0.5) is 11.4 Å². The van der Waals surface area contributed by atoms with Gasteiger partial charge in [-0.15, -0.1) is 0 Å². The predicted octanol–water partition coefficient (Wildman–Crippen LogP) is 1.07. The van der Waals surface area contributed by atoms with E-state index in [0.717, 1.165) is 5.69 Å². The summed E-state index contributed by atoms with van der Waals surface area (Å²) >= 11 is 0. The molecule has 0 bridgehead atoms. The first kappa shape index (κ1) is 17.3. The Labute approximate surface area is 126 Å². The lowest BCUT2D eigenvalue weighted by molar-refractivity contribution is 0.0627. The van der Waals surface area contributed by atoms with Crippen LogP contribution in [0.1, 0.15) is 10.4 Å². The summed E-state index contributed by atoms with van der Waals surface area (Å²) in [5, 5.41) is 0. The maximum absolute atomic E-state index is 12.5. The molecular weight excluding hydrogens is 270 g/mol. The Morgan fingerprint density at radius 3 is 2.14 bits per heavy atom. The van der Waals surface area contributed by atoms with E-state index in [2.05, 4.69) is 0 Å². The molecule has 1 aromatic carbocycles. The Morgan fingerprint density at radius 2 is 1.71 bits per heavy atom. The number of amides is 1. The van der Waals surface area contributed by atoms with Gasteiger partial charge in [-0.2, -0.15) is 0 Å². The third-order valence-corrected chi connectivity index (χ3v) is 3.17. The smallest absolute Gasteiger partial charge is 0.254 e. The van der Waals surface area contributed by atoms with E-state index in [1.807, 2.05) is 25.1 Å². The monoisotopic (exact) mass is 295 g/mol. The van der Waals surface area contributed by atoms with Gasteiger partial charge in [-0.25, -0.2) is 0 Å². The van der Waals surface area contributed by atoms with Crippen LogP contribution in [-0.2, 0) is 9.47 Å². The molecule has 0 aliphatic heterocycles. The van der Waals surface area contributed by atoms with Crippen molar-refractivity contribution in [1.82, 2.24) is 4.90 Å². The molecule has 1 aromatic rings. The zero-order valence-electron chi connectivity index (χ0n) is 13.3. The minimum absolute atomic E-state index is 0.0684. The minimum atomic E-state index is -0.0684. The molecule has 0 spiro atoms. The number of carbonyl (C=O) groups is 1. The lowest BCUT2D eigenvalue weighted by Crippen LogP contribution is -2.36. The van der Waals surface area contributed by atoms with Gasteiger partial charge in [0.1, 0.15) is 0 Å². The molecule has 0 aliphatic rings. The van der Waals surface area contributed by atoms with Crippen LogP contribution in [0, 0.1) is 0 Å². The highest BCUT2D eigenvalue weighted by atomic mass is 16.5. The summed E-state index contributed by atoms with van der Waals surface area (Å²) in [6, 6.07) is 5.36. The van der Waals surface area contributed by atoms with Crippen molar-refractivity contribution in [3.63, 3.8) is 0 Å². The van der Waals surface area contributed by atoms with Gasteiger partial charge in [0.05, 0.1) is 24.6 Å². The third kappa shape index (κ3) is 4.91. The van der Waals surface area contributed by atoms with Gasteiger partial charge in [-0.1, -0.05) is 0 Å². The molecule has 118 valence electrons. The number of ether oxygens (including phenoxy) is 2. The van der Waals surface area contributed by atoms with Gasteiger partial charge in [-0.05, 0) is 18.2 Å². The first-order valence-corrected chi connectivity index (χ1v) is 6.85. The van der Waals surface area contributed by atoms with Gasteiger partial charge >= 0.3 is 0 Å². The van der Waals surface area contributed by atoms with Gasteiger partial charge in [0, 0.05) is 47.0 Å². The number of nitrogen functional groups attached to an aromatic ring is 1. The normalized spacial score (nSPS) is 10.5. The van der Waals surface area contributed by atoms with Crippen molar-refractivity contribution in [2.24, 2.45) is 0 Å². The third-order valence-electron chi connectivity index (χ3n) is 3.17. The molecule has 6 heteroatoms. The topological polar surface area (TPSA) is 68.0 Å². The average Bonchev–Trinajstić information content (AvgIpc) is 2.46. The molecule has 0 aromatic heterocycles. The molecule has 0 aliphatic carbocycles. The quantitative estimate of drug-likeness (QED) is 0.727. The maximum Gasteiger partial charge on any atom is 0.254 e. The Hall–Kier alpha value is -1.79. The molecule has 0 radical (unpaired) electrons. The summed E-state index contributed by atoms with van der Waals surface area (Å²) in [5.41, 5.74) is 8.06. The first-order chi connectivity index (χ1) is 10.0. The van der Waals surface area contributed by atoms with Gasteiger partial charge in [0.2, 0.25) is 0 Å². The Kier molecular flexibility index (Phi) is 6.98. The van der Waals surface area contributed by atoms with Crippen LogP contribution >= 0.6 is 0 Å². The molecule has 6 nitrogen and oxygen atoms in total. The van der Waals surface area contributed by atoms with Crippen LogP contribution in [0.5, 0.6) is 0 Å². The van der Waals surface area contributed by atoms with Crippen molar-refractivity contribution < 1.29 is 14.3 Å². The number of methoxy groups -OCH3 is 2. The molecule has 0 fully saturated rings. The van der Waals surface area contributed by atoms with E-state index in [1.54, 1.807) is 31.3 Å². The number of anilines is 2. The van der Waals surface area contributed by atoms with Crippen molar-refractivity contribution in [3.8, 4) is 0 Å². The Bertz CT molecular complexity index is 455.